The fourth-order valence-corrected chi connectivity index (χ4v) is 1.56. The Morgan fingerprint density at radius 1 is 1.54 bits per heavy atom. The van der Waals surface area contributed by atoms with Gasteiger partial charge in [0.25, 0.3) is 0 Å². The second kappa shape index (κ2) is 5.07. The SMILES string of the molecule is CCN(COC1CCCC1)C(N)=O. The third-order valence-corrected chi connectivity index (χ3v) is 2.46. The molecular formula is C9H18N2O2. The Bertz CT molecular complexity index is 167. The summed E-state index contributed by atoms with van der Waals surface area (Å²) in [4.78, 5) is 12.3. The van der Waals surface area contributed by atoms with E-state index >= 15 is 0 Å². The van der Waals surface area contributed by atoms with Gasteiger partial charge in [-0.15, -0.1) is 0 Å². The van der Waals surface area contributed by atoms with Gasteiger partial charge >= 0.3 is 6.03 Å². The van der Waals surface area contributed by atoms with Crippen molar-refractivity contribution in [1.82, 2.24) is 4.90 Å². The molecule has 0 aromatic heterocycles. The first-order chi connectivity index (χ1) is 6.24. The molecule has 13 heavy (non-hydrogen) atoms. The Labute approximate surface area is 79.0 Å². The van der Waals surface area contributed by atoms with E-state index in [1.54, 1.807) is 0 Å². The Morgan fingerprint density at radius 2 is 2.15 bits per heavy atom. The maximum atomic E-state index is 10.8. The molecule has 0 aromatic carbocycles. The summed E-state index contributed by atoms with van der Waals surface area (Å²) in [5.74, 6) is 0. The van der Waals surface area contributed by atoms with E-state index in [-0.39, 0.29) is 0 Å². The van der Waals surface area contributed by atoms with Gasteiger partial charge in [0, 0.05) is 6.54 Å². The quantitative estimate of drug-likeness (QED) is 0.673. The molecule has 0 spiro atoms. The van der Waals surface area contributed by atoms with E-state index in [0.29, 0.717) is 19.4 Å². The predicted molar refractivity (Wildman–Crippen MR) is 50.2 cm³/mol. The largest absolute Gasteiger partial charge is 0.358 e. The van der Waals surface area contributed by atoms with Crippen LogP contribution in [0, 0.1) is 0 Å². The lowest BCUT2D eigenvalue weighted by atomic mass is 10.3. The minimum absolute atomic E-state index is 0.341. The van der Waals surface area contributed by atoms with Crippen molar-refractivity contribution in [2.75, 3.05) is 13.3 Å². The molecular weight excluding hydrogens is 168 g/mol. The number of hydrogen-bond acceptors (Lipinski definition) is 2. The van der Waals surface area contributed by atoms with Crippen molar-refractivity contribution in [3.8, 4) is 0 Å². The topological polar surface area (TPSA) is 55.6 Å². The number of carbonyl (C=O) groups is 1. The van der Waals surface area contributed by atoms with Crippen LogP contribution in [0.2, 0.25) is 0 Å². The maximum Gasteiger partial charge on any atom is 0.316 e. The van der Waals surface area contributed by atoms with E-state index in [1.807, 2.05) is 6.92 Å². The summed E-state index contributed by atoms with van der Waals surface area (Å²) in [5.41, 5.74) is 5.14. The number of carbonyl (C=O) groups excluding carboxylic acids is 1. The average Bonchev–Trinajstić information content (AvgIpc) is 2.57. The molecule has 0 unspecified atom stereocenters. The van der Waals surface area contributed by atoms with Gasteiger partial charge in [-0.3, -0.25) is 0 Å². The first-order valence-electron chi connectivity index (χ1n) is 4.90. The molecule has 4 nitrogen and oxygen atoms in total. The van der Waals surface area contributed by atoms with Crippen LogP contribution in [-0.2, 0) is 4.74 Å². The number of primary amides is 1. The van der Waals surface area contributed by atoms with Gasteiger partial charge < -0.3 is 15.4 Å². The normalized spacial score (nSPS) is 17.6. The third-order valence-electron chi connectivity index (χ3n) is 2.46. The molecule has 1 saturated carbocycles. The minimum Gasteiger partial charge on any atom is -0.358 e. The van der Waals surface area contributed by atoms with E-state index < -0.39 is 6.03 Å². The molecule has 0 radical (unpaired) electrons. The first-order valence-corrected chi connectivity index (χ1v) is 4.90. The van der Waals surface area contributed by atoms with Gasteiger partial charge in [0.05, 0.1) is 6.10 Å². The molecule has 0 aromatic rings. The summed E-state index contributed by atoms with van der Waals surface area (Å²) in [6.45, 7) is 2.85. The second-order valence-corrected chi connectivity index (χ2v) is 3.40. The molecule has 0 heterocycles. The molecule has 1 aliphatic carbocycles. The lowest BCUT2D eigenvalue weighted by Crippen LogP contribution is -2.38. The molecule has 2 N–H and O–H groups in total. The Hall–Kier alpha value is -0.770. The molecule has 76 valence electrons. The summed E-state index contributed by atoms with van der Waals surface area (Å²) >= 11 is 0. The van der Waals surface area contributed by atoms with Gasteiger partial charge in [0.1, 0.15) is 6.73 Å². The summed E-state index contributed by atoms with van der Waals surface area (Å²) in [6, 6.07) is -0.402. The first kappa shape index (κ1) is 10.3. The van der Waals surface area contributed by atoms with Gasteiger partial charge in [0.15, 0.2) is 0 Å². The molecule has 4 heteroatoms. The second-order valence-electron chi connectivity index (χ2n) is 3.40. The van der Waals surface area contributed by atoms with Crippen molar-refractivity contribution in [3.63, 3.8) is 0 Å². The highest BCUT2D eigenvalue weighted by Gasteiger charge is 2.17. The van der Waals surface area contributed by atoms with Crippen LogP contribution < -0.4 is 5.73 Å². The lowest BCUT2D eigenvalue weighted by molar-refractivity contribution is 0.000231. The highest BCUT2D eigenvalue weighted by Crippen LogP contribution is 2.20. The Kier molecular flexibility index (Phi) is 4.02. The van der Waals surface area contributed by atoms with Crippen molar-refractivity contribution in [2.24, 2.45) is 5.73 Å². The van der Waals surface area contributed by atoms with E-state index in [9.17, 15) is 4.79 Å². The molecule has 1 rings (SSSR count). The molecule has 1 aliphatic rings. The standard InChI is InChI=1S/C9H18N2O2/c1-2-11(9(10)12)7-13-8-5-3-4-6-8/h8H,2-7H2,1H3,(H2,10,12). The van der Waals surface area contributed by atoms with Gasteiger partial charge in [-0.2, -0.15) is 0 Å². The van der Waals surface area contributed by atoms with Crippen LogP contribution in [0.4, 0.5) is 4.79 Å². The van der Waals surface area contributed by atoms with Crippen LogP contribution in [0.1, 0.15) is 32.6 Å². The predicted octanol–water partition coefficient (Wildman–Crippen LogP) is 1.30. The van der Waals surface area contributed by atoms with E-state index in [4.69, 9.17) is 10.5 Å². The monoisotopic (exact) mass is 186 g/mol. The van der Waals surface area contributed by atoms with E-state index in [2.05, 4.69) is 0 Å². The van der Waals surface area contributed by atoms with Crippen molar-refractivity contribution in [2.45, 2.75) is 38.7 Å². The summed E-state index contributed by atoms with van der Waals surface area (Å²) in [5, 5.41) is 0. The van der Waals surface area contributed by atoms with Crippen LogP contribution in [0.25, 0.3) is 0 Å². The number of ether oxygens (including phenoxy) is 1. The van der Waals surface area contributed by atoms with Crippen molar-refractivity contribution < 1.29 is 9.53 Å². The van der Waals surface area contributed by atoms with Crippen LogP contribution >= 0.6 is 0 Å². The van der Waals surface area contributed by atoms with Crippen LogP contribution in [-0.4, -0.2) is 30.3 Å². The van der Waals surface area contributed by atoms with Crippen molar-refractivity contribution >= 4 is 6.03 Å². The van der Waals surface area contributed by atoms with Crippen LogP contribution in [0.5, 0.6) is 0 Å². The van der Waals surface area contributed by atoms with Gasteiger partial charge in [0.2, 0.25) is 0 Å². The summed E-state index contributed by atoms with van der Waals surface area (Å²) < 4.78 is 5.54. The number of nitrogens with two attached hydrogens (primary N) is 1. The fraction of sp³-hybridized carbons (Fsp3) is 0.889. The van der Waals surface area contributed by atoms with Crippen molar-refractivity contribution in [1.29, 1.82) is 0 Å². The van der Waals surface area contributed by atoms with Crippen LogP contribution in [0.15, 0.2) is 0 Å². The highest BCUT2D eigenvalue weighted by molar-refractivity contribution is 5.71. The Morgan fingerprint density at radius 3 is 2.62 bits per heavy atom. The van der Waals surface area contributed by atoms with E-state index in [1.165, 1.54) is 17.7 Å². The third kappa shape index (κ3) is 3.22. The number of amides is 2. The molecule has 1 fully saturated rings. The number of hydrogen-bond donors (Lipinski definition) is 1. The molecule has 0 saturated heterocycles. The molecule has 2 amide bonds. The fourth-order valence-electron chi connectivity index (χ4n) is 1.56. The Balaban J connectivity index is 2.18. The highest BCUT2D eigenvalue weighted by atomic mass is 16.5. The smallest absolute Gasteiger partial charge is 0.316 e. The van der Waals surface area contributed by atoms with Gasteiger partial charge in [-0.05, 0) is 19.8 Å². The molecule has 0 bridgehead atoms. The number of urea groups is 1. The lowest BCUT2D eigenvalue weighted by Gasteiger charge is -2.20. The minimum atomic E-state index is -0.402. The zero-order valence-electron chi connectivity index (χ0n) is 8.16. The molecule has 0 atom stereocenters. The summed E-state index contributed by atoms with van der Waals surface area (Å²) in [6.07, 6.45) is 5.07. The average molecular weight is 186 g/mol. The molecule has 0 aliphatic heterocycles. The maximum absolute atomic E-state index is 10.8. The zero-order valence-corrected chi connectivity index (χ0v) is 8.16. The van der Waals surface area contributed by atoms with Crippen molar-refractivity contribution in [3.05, 3.63) is 0 Å². The number of nitrogens with zero attached hydrogens (tertiary/aromatic N) is 1. The van der Waals surface area contributed by atoms with Gasteiger partial charge in [-0.1, -0.05) is 12.8 Å². The number of rotatable bonds is 4. The summed E-state index contributed by atoms with van der Waals surface area (Å²) in [7, 11) is 0. The van der Waals surface area contributed by atoms with Gasteiger partial charge in [-0.25, -0.2) is 4.79 Å². The van der Waals surface area contributed by atoms with Crippen LogP contribution in [0.3, 0.4) is 0 Å². The van der Waals surface area contributed by atoms with E-state index in [0.717, 1.165) is 12.8 Å². The zero-order chi connectivity index (χ0) is 9.68.